The zero-order chi connectivity index (χ0) is 23.5. The average molecular weight is 448 g/mol. The van der Waals surface area contributed by atoms with E-state index in [0.29, 0.717) is 0 Å². The van der Waals surface area contributed by atoms with Crippen LogP contribution in [-0.4, -0.2) is 45.5 Å². The van der Waals surface area contributed by atoms with Crippen LogP contribution in [0, 0.1) is 0 Å². The van der Waals surface area contributed by atoms with Gasteiger partial charge in [-0.3, -0.25) is 9.48 Å². The molecule has 170 valence electrons. The minimum absolute atomic E-state index is 0.0161. The quantitative estimate of drug-likeness (QED) is 0.509. The lowest BCUT2D eigenvalue weighted by molar-refractivity contribution is -0.116. The van der Waals surface area contributed by atoms with Crippen molar-refractivity contribution in [2.45, 2.75) is 25.3 Å². The molecule has 33 heavy (non-hydrogen) atoms. The van der Waals surface area contributed by atoms with E-state index < -0.39 is 18.1 Å². The van der Waals surface area contributed by atoms with Gasteiger partial charge in [-0.25, -0.2) is 9.59 Å². The summed E-state index contributed by atoms with van der Waals surface area (Å²) in [5.41, 5.74) is 4.37. The van der Waals surface area contributed by atoms with Crippen molar-refractivity contribution < 1.29 is 24.2 Å². The Balaban J connectivity index is 1.30. The van der Waals surface area contributed by atoms with Gasteiger partial charge in [0.2, 0.25) is 5.91 Å². The number of ether oxygens (including phenoxy) is 1. The molecule has 0 bridgehead atoms. The number of benzene rings is 2. The number of nitrogens with zero attached hydrogens (tertiary/aromatic N) is 2. The van der Waals surface area contributed by atoms with E-state index in [1.54, 1.807) is 6.92 Å². The summed E-state index contributed by atoms with van der Waals surface area (Å²) >= 11 is 0. The normalized spacial score (nSPS) is 13.0. The number of fused-ring (bicyclic) bond motifs is 3. The molecule has 3 N–H and O–H groups in total. The fourth-order valence-electron chi connectivity index (χ4n) is 4.05. The van der Waals surface area contributed by atoms with Crippen molar-refractivity contribution in [1.29, 1.82) is 0 Å². The maximum Gasteiger partial charge on any atom is 0.407 e. The topological polar surface area (TPSA) is 123 Å². The summed E-state index contributed by atoms with van der Waals surface area (Å²) in [5, 5.41) is 18.0. The highest BCUT2D eigenvalue weighted by Crippen LogP contribution is 2.44. The number of rotatable bonds is 7. The van der Waals surface area contributed by atoms with E-state index >= 15 is 0 Å². The third-order valence-electron chi connectivity index (χ3n) is 5.57. The molecule has 9 heteroatoms. The first kappa shape index (κ1) is 22.1. The average Bonchev–Trinajstić information content (AvgIpc) is 3.30. The molecule has 0 aliphatic heterocycles. The lowest BCUT2D eigenvalue weighted by Crippen LogP contribution is -2.36. The predicted octanol–water partition coefficient (Wildman–Crippen LogP) is 3.37. The van der Waals surface area contributed by atoms with E-state index in [0.717, 1.165) is 22.3 Å². The minimum Gasteiger partial charge on any atom is -0.476 e. The summed E-state index contributed by atoms with van der Waals surface area (Å²) in [6, 6.07) is 16.9. The molecular weight excluding hydrogens is 424 g/mol. The summed E-state index contributed by atoms with van der Waals surface area (Å²) in [6.45, 7) is 1.87. The number of alkyl carbamates (subject to hydrolysis) is 1. The van der Waals surface area contributed by atoms with Gasteiger partial charge < -0.3 is 20.5 Å². The second-order valence-corrected chi connectivity index (χ2v) is 7.97. The van der Waals surface area contributed by atoms with Gasteiger partial charge in [-0.05, 0) is 29.2 Å². The van der Waals surface area contributed by atoms with E-state index in [-0.39, 0.29) is 36.4 Å². The number of aromatic nitrogens is 2. The first-order valence-corrected chi connectivity index (χ1v) is 10.5. The van der Waals surface area contributed by atoms with E-state index in [1.165, 1.54) is 17.8 Å². The van der Waals surface area contributed by atoms with Gasteiger partial charge >= 0.3 is 12.1 Å². The number of carboxylic acid groups (broad SMARTS) is 1. The fourth-order valence-corrected chi connectivity index (χ4v) is 4.05. The zero-order valence-electron chi connectivity index (χ0n) is 18.2. The number of hydrogen-bond acceptors (Lipinski definition) is 5. The van der Waals surface area contributed by atoms with Gasteiger partial charge in [0.1, 0.15) is 12.4 Å². The minimum atomic E-state index is -1.18. The largest absolute Gasteiger partial charge is 0.476 e. The monoisotopic (exact) mass is 448 g/mol. The summed E-state index contributed by atoms with van der Waals surface area (Å²) in [4.78, 5) is 35.6. The van der Waals surface area contributed by atoms with E-state index in [1.807, 2.05) is 36.4 Å². The summed E-state index contributed by atoms with van der Waals surface area (Å²) in [6.07, 6.45) is -0.622. The first-order chi connectivity index (χ1) is 15.8. The van der Waals surface area contributed by atoms with Crippen molar-refractivity contribution in [3.05, 3.63) is 71.4 Å². The molecule has 0 fully saturated rings. The number of carboxylic acids is 1. The number of carbonyl (C=O) groups is 3. The van der Waals surface area contributed by atoms with Gasteiger partial charge in [-0.2, -0.15) is 5.10 Å². The highest BCUT2D eigenvalue weighted by Gasteiger charge is 2.29. The number of aryl methyl sites for hydroxylation is 1. The molecule has 1 heterocycles. The SMILES string of the molecule is C[C@@H](CC(=O)Nc1cc(C(=O)O)nn1C)NC(=O)OCC1c2ccccc2-c2ccccc21. The van der Waals surface area contributed by atoms with E-state index in [4.69, 9.17) is 9.84 Å². The Hall–Kier alpha value is -4.14. The van der Waals surface area contributed by atoms with E-state index in [2.05, 4.69) is 27.9 Å². The summed E-state index contributed by atoms with van der Waals surface area (Å²) < 4.78 is 6.77. The van der Waals surface area contributed by atoms with Crippen LogP contribution in [-0.2, 0) is 16.6 Å². The molecule has 1 aliphatic rings. The number of amides is 2. The van der Waals surface area contributed by atoms with Crippen LogP contribution in [0.2, 0.25) is 0 Å². The summed E-state index contributed by atoms with van der Waals surface area (Å²) in [7, 11) is 1.53. The molecule has 2 aromatic carbocycles. The zero-order valence-corrected chi connectivity index (χ0v) is 18.2. The highest BCUT2D eigenvalue weighted by atomic mass is 16.5. The van der Waals surface area contributed by atoms with Crippen LogP contribution in [0.1, 0.15) is 40.9 Å². The maximum atomic E-state index is 12.4. The molecule has 0 spiro atoms. The predicted molar refractivity (Wildman–Crippen MR) is 121 cm³/mol. The molecule has 1 atom stereocenters. The molecular formula is C24H24N4O5. The number of hydrogen-bond donors (Lipinski definition) is 3. The van der Waals surface area contributed by atoms with Gasteiger partial charge in [-0.15, -0.1) is 0 Å². The van der Waals surface area contributed by atoms with Crippen LogP contribution < -0.4 is 10.6 Å². The molecule has 0 saturated carbocycles. The molecule has 3 aromatic rings. The Bertz CT molecular complexity index is 1170. The number of nitrogens with one attached hydrogen (secondary N) is 2. The van der Waals surface area contributed by atoms with Crippen molar-refractivity contribution in [1.82, 2.24) is 15.1 Å². The van der Waals surface area contributed by atoms with Crippen LogP contribution in [0.3, 0.4) is 0 Å². The maximum absolute atomic E-state index is 12.4. The smallest absolute Gasteiger partial charge is 0.407 e. The molecule has 0 saturated heterocycles. The van der Waals surface area contributed by atoms with Gasteiger partial charge in [0.15, 0.2) is 5.69 Å². The molecule has 9 nitrogen and oxygen atoms in total. The van der Waals surface area contributed by atoms with Gasteiger partial charge in [0.05, 0.1) is 0 Å². The Labute approximate surface area is 190 Å². The van der Waals surface area contributed by atoms with Crippen LogP contribution in [0.15, 0.2) is 54.6 Å². The van der Waals surface area contributed by atoms with Gasteiger partial charge in [-0.1, -0.05) is 48.5 Å². The Morgan fingerprint density at radius 3 is 2.27 bits per heavy atom. The molecule has 4 rings (SSSR count). The van der Waals surface area contributed by atoms with Crippen molar-refractivity contribution in [2.75, 3.05) is 11.9 Å². The van der Waals surface area contributed by atoms with Crippen molar-refractivity contribution in [2.24, 2.45) is 7.05 Å². The van der Waals surface area contributed by atoms with Crippen LogP contribution >= 0.6 is 0 Å². The van der Waals surface area contributed by atoms with Gasteiger partial charge in [0.25, 0.3) is 0 Å². The Morgan fingerprint density at radius 1 is 1.09 bits per heavy atom. The lowest BCUT2D eigenvalue weighted by Gasteiger charge is -2.17. The van der Waals surface area contributed by atoms with Crippen LogP contribution in [0.4, 0.5) is 10.6 Å². The van der Waals surface area contributed by atoms with Gasteiger partial charge in [0, 0.05) is 31.5 Å². The Morgan fingerprint density at radius 2 is 1.70 bits per heavy atom. The summed E-state index contributed by atoms with van der Waals surface area (Å²) in [5.74, 6) is -1.36. The molecule has 0 unspecified atom stereocenters. The first-order valence-electron chi connectivity index (χ1n) is 10.5. The lowest BCUT2D eigenvalue weighted by atomic mass is 9.98. The van der Waals surface area contributed by atoms with Crippen LogP contribution in [0.5, 0.6) is 0 Å². The molecule has 1 aliphatic carbocycles. The molecule has 2 amide bonds. The second-order valence-electron chi connectivity index (χ2n) is 7.97. The van der Waals surface area contributed by atoms with Crippen molar-refractivity contribution >= 4 is 23.8 Å². The third-order valence-corrected chi connectivity index (χ3v) is 5.57. The van der Waals surface area contributed by atoms with Crippen molar-refractivity contribution in [3.63, 3.8) is 0 Å². The number of anilines is 1. The number of aromatic carboxylic acids is 1. The molecule has 0 radical (unpaired) electrons. The third kappa shape index (κ3) is 4.72. The number of carbonyl (C=O) groups excluding carboxylic acids is 2. The highest BCUT2D eigenvalue weighted by molar-refractivity contribution is 5.92. The fraction of sp³-hybridized carbons (Fsp3) is 0.250. The standard InChI is InChI=1S/C24H24N4O5/c1-14(11-22(29)26-21-12-20(23(30)31)27-28(21)2)25-24(32)33-13-19-17-9-5-3-7-15(17)16-8-4-6-10-18(16)19/h3-10,12,14,19H,11,13H2,1-2H3,(H,25,32)(H,26,29)(H,30,31)/t14-/m0/s1. The second kappa shape index (κ2) is 9.15. The van der Waals surface area contributed by atoms with E-state index in [9.17, 15) is 14.4 Å². The molecule has 1 aromatic heterocycles. The van der Waals surface area contributed by atoms with Crippen LogP contribution in [0.25, 0.3) is 11.1 Å². The van der Waals surface area contributed by atoms with Crippen molar-refractivity contribution in [3.8, 4) is 11.1 Å². The Kier molecular flexibility index (Phi) is 6.12.